The van der Waals surface area contributed by atoms with Gasteiger partial charge in [-0.2, -0.15) is 0 Å². The lowest BCUT2D eigenvalue weighted by atomic mass is 10.1. The zero-order valence-electron chi connectivity index (χ0n) is 11.9. The number of nitrogens with zero attached hydrogens (tertiary/aromatic N) is 1. The number of aliphatic carboxylic acids is 1. The fourth-order valence-electron chi connectivity index (χ4n) is 2.11. The first-order chi connectivity index (χ1) is 10.5. The molecule has 0 aromatic heterocycles. The molecule has 0 amide bonds. The minimum atomic E-state index is -1.15. The van der Waals surface area contributed by atoms with Gasteiger partial charge in [0, 0.05) is 5.69 Å². The third kappa shape index (κ3) is 3.35. The van der Waals surface area contributed by atoms with Crippen molar-refractivity contribution in [3.63, 3.8) is 0 Å². The Labute approximate surface area is 127 Å². The molecule has 0 unspecified atom stereocenters. The van der Waals surface area contributed by atoms with Gasteiger partial charge in [0.1, 0.15) is 12.3 Å². The van der Waals surface area contributed by atoms with Gasteiger partial charge in [-0.25, -0.2) is 4.79 Å². The summed E-state index contributed by atoms with van der Waals surface area (Å²) >= 11 is 0. The Hall–Kier alpha value is -3.02. The van der Waals surface area contributed by atoms with Crippen molar-refractivity contribution in [2.45, 2.75) is 0 Å². The van der Waals surface area contributed by atoms with Crippen LogP contribution in [0.25, 0.3) is 0 Å². The van der Waals surface area contributed by atoms with E-state index in [9.17, 15) is 14.7 Å². The Bertz CT molecular complexity index is 684. The first-order valence-electron chi connectivity index (χ1n) is 6.48. The van der Waals surface area contributed by atoms with Crippen molar-refractivity contribution in [3.8, 4) is 5.75 Å². The molecule has 114 valence electrons. The summed E-state index contributed by atoms with van der Waals surface area (Å²) in [5.41, 5.74) is 0.865. The van der Waals surface area contributed by atoms with Crippen LogP contribution in [0.15, 0.2) is 48.5 Å². The Morgan fingerprint density at radius 1 is 1.09 bits per heavy atom. The van der Waals surface area contributed by atoms with Gasteiger partial charge in [-0.15, -0.1) is 0 Å². The molecule has 2 N–H and O–H groups in total. The molecule has 22 heavy (non-hydrogen) atoms. The van der Waals surface area contributed by atoms with Crippen LogP contribution in [-0.4, -0.2) is 35.8 Å². The molecule has 6 nitrogen and oxygen atoms in total. The van der Waals surface area contributed by atoms with Crippen molar-refractivity contribution in [1.29, 1.82) is 0 Å². The van der Waals surface area contributed by atoms with Crippen molar-refractivity contribution in [1.82, 2.24) is 0 Å². The largest absolute Gasteiger partial charge is 0.497 e. The number of rotatable bonds is 6. The number of hydrogen-bond acceptors (Lipinski definition) is 4. The summed E-state index contributed by atoms with van der Waals surface area (Å²) in [6.45, 7) is -0.351. The highest BCUT2D eigenvalue weighted by atomic mass is 16.5. The molecule has 0 fully saturated rings. The van der Waals surface area contributed by atoms with Gasteiger partial charge in [-0.3, -0.25) is 4.79 Å². The zero-order chi connectivity index (χ0) is 16.1. The van der Waals surface area contributed by atoms with Crippen LogP contribution < -0.4 is 9.64 Å². The summed E-state index contributed by atoms with van der Waals surface area (Å²) in [5, 5.41) is 18.5. The highest BCUT2D eigenvalue weighted by Crippen LogP contribution is 2.31. The molecule has 0 aliphatic heterocycles. The number of hydrogen-bond donors (Lipinski definition) is 2. The van der Waals surface area contributed by atoms with Crippen molar-refractivity contribution in [2.75, 3.05) is 18.6 Å². The lowest BCUT2D eigenvalue weighted by molar-refractivity contribution is -0.135. The van der Waals surface area contributed by atoms with E-state index in [0.29, 0.717) is 17.1 Å². The van der Waals surface area contributed by atoms with Gasteiger partial charge < -0.3 is 19.8 Å². The molecule has 2 aromatic carbocycles. The molecule has 0 radical (unpaired) electrons. The van der Waals surface area contributed by atoms with Crippen molar-refractivity contribution >= 4 is 23.3 Å². The number of carbonyl (C=O) groups is 2. The SMILES string of the molecule is COc1ccc(N(CC(=O)O)c2ccccc2)c(C(=O)O)c1. The van der Waals surface area contributed by atoms with Gasteiger partial charge in [-0.05, 0) is 30.3 Å². The Balaban J connectivity index is 2.56. The van der Waals surface area contributed by atoms with Crippen LogP contribution in [0.4, 0.5) is 11.4 Å². The average molecular weight is 301 g/mol. The molecular weight excluding hydrogens is 286 g/mol. The van der Waals surface area contributed by atoms with Crippen LogP contribution >= 0.6 is 0 Å². The number of para-hydroxylation sites is 1. The molecule has 0 aliphatic carbocycles. The zero-order valence-corrected chi connectivity index (χ0v) is 11.9. The highest BCUT2D eigenvalue weighted by molar-refractivity contribution is 5.97. The van der Waals surface area contributed by atoms with Gasteiger partial charge in [0.2, 0.25) is 0 Å². The maximum absolute atomic E-state index is 11.5. The first kappa shape index (κ1) is 15.4. The summed E-state index contributed by atoms with van der Waals surface area (Å²) in [6, 6.07) is 13.3. The second kappa shape index (κ2) is 6.62. The molecular formula is C16H15NO5. The number of anilines is 2. The topological polar surface area (TPSA) is 87.1 Å². The fraction of sp³-hybridized carbons (Fsp3) is 0.125. The standard InChI is InChI=1S/C16H15NO5/c1-22-12-7-8-14(13(9-12)16(20)21)17(10-15(18)19)11-5-3-2-4-6-11/h2-9H,10H2,1H3,(H,18,19)(H,20,21). The minimum Gasteiger partial charge on any atom is -0.497 e. The van der Waals surface area contributed by atoms with E-state index in [2.05, 4.69) is 0 Å². The summed E-state index contributed by atoms with van der Waals surface area (Å²) < 4.78 is 5.03. The number of ether oxygens (including phenoxy) is 1. The maximum atomic E-state index is 11.5. The fourth-order valence-corrected chi connectivity index (χ4v) is 2.11. The molecule has 0 atom stereocenters. The second-order valence-electron chi connectivity index (χ2n) is 4.50. The summed E-state index contributed by atoms with van der Waals surface area (Å²) in [6.07, 6.45) is 0. The highest BCUT2D eigenvalue weighted by Gasteiger charge is 2.20. The molecule has 0 bridgehead atoms. The van der Waals surface area contributed by atoms with E-state index in [1.807, 2.05) is 0 Å². The Morgan fingerprint density at radius 2 is 1.77 bits per heavy atom. The molecule has 2 aromatic rings. The van der Waals surface area contributed by atoms with E-state index in [4.69, 9.17) is 9.84 Å². The Kier molecular flexibility index (Phi) is 4.63. The maximum Gasteiger partial charge on any atom is 0.337 e. The van der Waals surface area contributed by atoms with Gasteiger partial charge in [-0.1, -0.05) is 18.2 Å². The third-order valence-corrected chi connectivity index (χ3v) is 3.09. The van der Waals surface area contributed by atoms with Crippen LogP contribution in [0.2, 0.25) is 0 Å². The van der Waals surface area contributed by atoms with Gasteiger partial charge in [0.25, 0.3) is 0 Å². The monoisotopic (exact) mass is 301 g/mol. The normalized spacial score (nSPS) is 10.0. The lowest BCUT2D eigenvalue weighted by Gasteiger charge is -2.24. The number of carboxylic acids is 2. The van der Waals surface area contributed by atoms with Crippen molar-refractivity contribution in [3.05, 3.63) is 54.1 Å². The van der Waals surface area contributed by atoms with E-state index in [1.165, 1.54) is 24.1 Å². The van der Waals surface area contributed by atoms with E-state index < -0.39 is 11.9 Å². The minimum absolute atomic E-state index is 0.0237. The predicted octanol–water partition coefficient (Wildman–Crippen LogP) is 2.62. The van der Waals surface area contributed by atoms with Crippen molar-refractivity contribution < 1.29 is 24.5 Å². The molecule has 0 saturated carbocycles. The van der Waals surface area contributed by atoms with E-state index in [0.717, 1.165) is 0 Å². The van der Waals surface area contributed by atoms with Gasteiger partial charge in [0.05, 0.1) is 18.4 Å². The van der Waals surface area contributed by atoms with Crippen molar-refractivity contribution in [2.24, 2.45) is 0 Å². The molecule has 2 rings (SSSR count). The summed E-state index contributed by atoms with van der Waals surface area (Å²) in [7, 11) is 1.44. The third-order valence-electron chi connectivity index (χ3n) is 3.09. The molecule has 0 aliphatic rings. The molecule has 6 heteroatoms. The lowest BCUT2D eigenvalue weighted by Crippen LogP contribution is -2.26. The van der Waals surface area contributed by atoms with E-state index >= 15 is 0 Å². The van der Waals surface area contributed by atoms with Crippen LogP contribution in [0.3, 0.4) is 0 Å². The number of carboxylic acid groups (broad SMARTS) is 2. The Morgan fingerprint density at radius 3 is 2.32 bits per heavy atom. The summed E-state index contributed by atoms with van der Waals surface area (Å²) in [4.78, 5) is 24.1. The summed E-state index contributed by atoms with van der Waals surface area (Å²) in [5.74, 6) is -1.82. The van der Waals surface area contributed by atoms with Crippen LogP contribution in [-0.2, 0) is 4.79 Å². The average Bonchev–Trinajstić information content (AvgIpc) is 2.52. The van der Waals surface area contributed by atoms with Crippen LogP contribution in [0, 0.1) is 0 Å². The molecule has 0 heterocycles. The first-order valence-corrected chi connectivity index (χ1v) is 6.48. The van der Waals surface area contributed by atoms with Gasteiger partial charge in [0.15, 0.2) is 0 Å². The molecule has 0 spiro atoms. The molecule has 0 saturated heterocycles. The number of benzene rings is 2. The van der Waals surface area contributed by atoms with E-state index in [-0.39, 0.29) is 12.1 Å². The van der Waals surface area contributed by atoms with Crippen LogP contribution in [0.1, 0.15) is 10.4 Å². The predicted molar refractivity (Wildman–Crippen MR) is 81.0 cm³/mol. The van der Waals surface area contributed by atoms with Crippen LogP contribution in [0.5, 0.6) is 5.75 Å². The van der Waals surface area contributed by atoms with E-state index in [1.54, 1.807) is 36.4 Å². The van der Waals surface area contributed by atoms with Gasteiger partial charge >= 0.3 is 11.9 Å². The number of aromatic carboxylic acids is 1. The quantitative estimate of drug-likeness (QED) is 0.853. The number of methoxy groups -OCH3 is 1. The second-order valence-corrected chi connectivity index (χ2v) is 4.50. The smallest absolute Gasteiger partial charge is 0.337 e.